The van der Waals surface area contributed by atoms with Crippen LogP contribution in [0.1, 0.15) is 38.9 Å². The first-order valence-corrected chi connectivity index (χ1v) is 10.8. The van der Waals surface area contributed by atoms with Crippen LogP contribution in [0, 0.1) is 0 Å². The summed E-state index contributed by atoms with van der Waals surface area (Å²) >= 11 is 1.52. The number of nitrogens with one attached hydrogen (secondary N) is 1. The topological polar surface area (TPSA) is 59.9 Å². The molecule has 0 amide bonds. The number of piperidine rings is 1. The standard InChI is InChI=1S/C18H33N7S.HI/c1-4-16-21-18(26-22-16)25-13-11-24(12-14-25)17(19-3)20-8-10-23-9-6-5-7-15(23)2;/h15H,4-14H2,1-3H3,(H,19,20);1H. The number of aliphatic imine (C=N–C) groups is 1. The highest BCUT2D eigenvalue weighted by Crippen LogP contribution is 2.19. The van der Waals surface area contributed by atoms with Gasteiger partial charge in [-0.1, -0.05) is 13.3 Å². The Kier molecular flexibility index (Phi) is 9.51. The summed E-state index contributed by atoms with van der Waals surface area (Å²) in [6, 6.07) is 0.719. The molecule has 1 unspecified atom stereocenters. The molecule has 154 valence electrons. The van der Waals surface area contributed by atoms with Gasteiger partial charge in [0.25, 0.3) is 0 Å². The highest BCUT2D eigenvalue weighted by atomic mass is 127. The summed E-state index contributed by atoms with van der Waals surface area (Å²) in [4.78, 5) is 16.4. The molecule has 0 radical (unpaired) electrons. The Bertz CT molecular complexity index is 586. The van der Waals surface area contributed by atoms with Gasteiger partial charge in [-0.3, -0.25) is 9.89 Å². The van der Waals surface area contributed by atoms with Crippen LogP contribution >= 0.6 is 35.5 Å². The molecular weight excluding hydrogens is 473 g/mol. The van der Waals surface area contributed by atoms with Crippen LogP contribution in [-0.2, 0) is 6.42 Å². The predicted molar refractivity (Wildman–Crippen MR) is 125 cm³/mol. The number of piperazine rings is 1. The summed E-state index contributed by atoms with van der Waals surface area (Å²) < 4.78 is 4.41. The van der Waals surface area contributed by atoms with Crippen molar-refractivity contribution < 1.29 is 0 Å². The van der Waals surface area contributed by atoms with E-state index in [0.717, 1.165) is 68.6 Å². The van der Waals surface area contributed by atoms with E-state index in [2.05, 4.69) is 48.2 Å². The van der Waals surface area contributed by atoms with Gasteiger partial charge in [0.2, 0.25) is 5.13 Å². The van der Waals surface area contributed by atoms with E-state index in [1.165, 1.54) is 37.3 Å². The largest absolute Gasteiger partial charge is 0.355 e. The molecule has 1 aromatic heterocycles. The van der Waals surface area contributed by atoms with Gasteiger partial charge in [0.05, 0.1) is 0 Å². The maximum atomic E-state index is 4.61. The van der Waals surface area contributed by atoms with E-state index in [4.69, 9.17) is 0 Å². The second-order valence-corrected chi connectivity index (χ2v) is 7.91. The fraction of sp³-hybridized carbons (Fsp3) is 0.833. The summed E-state index contributed by atoms with van der Waals surface area (Å²) in [6.07, 6.45) is 4.96. The molecule has 2 fully saturated rings. The second-order valence-electron chi connectivity index (χ2n) is 7.18. The first kappa shape index (κ1) is 22.6. The molecule has 7 nitrogen and oxygen atoms in total. The molecule has 0 spiro atoms. The molecule has 2 saturated heterocycles. The van der Waals surface area contributed by atoms with Gasteiger partial charge in [-0.25, -0.2) is 4.98 Å². The number of guanidine groups is 1. The van der Waals surface area contributed by atoms with Gasteiger partial charge >= 0.3 is 0 Å². The normalized spacial score (nSPS) is 21.9. The number of hydrogen-bond donors (Lipinski definition) is 1. The van der Waals surface area contributed by atoms with Crippen molar-refractivity contribution in [1.29, 1.82) is 0 Å². The van der Waals surface area contributed by atoms with Crippen molar-refractivity contribution in [3.8, 4) is 0 Å². The van der Waals surface area contributed by atoms with Crippen molar-refractivity contribution in [2.45, 2.75) is 45.6 Å². The van der Waals surface area contributed by atoms with Crippen molar-refractivity contribution in [3.05, 3.63) is 5.82 Å². The van der Waals surface area contributed by atoms with Crippen LogP contribution in [0.2, 0.25) is 0 Å². The molecule has 2 aliphatic rings. The van der Waals surface area contributed by atoms with E-state index in [0.29, 0.717) is 0 Å². The van der Waals surface area contributed by atoms with E-state index in [1.807, 2.05) is 7.05 Å². The first-order valence-electron chi connectivity index (χ1n) is 9.98. The summed E-state index contributed by atoms with van der Waals surface area (Å²) in [5.74, 6) is 1.98. The van der Waals surface area contributed by atoms with Crippen molar-refractivity contribution in [1.82, 2.24) is 24.5 Å². The fourth-order valence-electron chi connectivity index (χ4n) is 3.76. The summed E-state index contributed by atoms with van der Waals surface area (Å²) in [5.41, 5.74) is 0. The quantitative estimate of drug-likeness (QED) is 0.375. The molecule has 1 N–H and O–H groups in total. The predicted octanol–water partition coefficient (Wildman–Crippen LogP) is 2.29. The molecule has 0 aliphatic carbocycles. The molecule has 0 saturated carbocycles. The molecule has 2 aliphatic heterocycles. The van der Waals surface area contributed by atoms with E-state index in [-0.39, 0.29) is 24.0 Å². The number of nitrogens with zero attached hydrogens (tertiary/aromatic N) is 6. The third-order valence-corrected chi connectivity index (χ3v) is 6.27. The molecule has 3 rings (SSSR count). The molecule has 27 heavy (non-hydrogen) atoms. The highest BCUT2D eigenvalue weighted by Gasteiger charge is 2.22. The average molecular weight is 507 g/mol. The van der Waals surface area contributed by atoms with Crippen molar-refractivity contribution >= 4 is 46.6 Å². The lowest BCUT2D eigenvalue weighted by molar-refractivity contribution is 0.163. The van der Waals surface area contributed by atoms with Gasteiger partial charge in [-0.15, -0.1) is 24.0 Å². The van der Waals surface area contributed by atoms with Crippen LogP contribution < -0.4 is 10.2 Å². The molecule has 1 aromatic rings. The first-order chi connectivity index (χ1) is 12.7. The maximum absolute atomic E-state index is 4.61. The number of rotatable bonds is 5. The number of aryl methyl sites for hydroxylation is 1. The van der Waals surface area contributed by atoms with E-state index in [9.17, 15) is 0 Å². The number of hydrogen-bond acceptors (Lipinski definition) is 6. The summed E-state index contributed by atoms with van der Waals surface area (Å²) in [5, 5.41) is 4.62. The molecule has 0 aromatic carbocycles. The second kappa shape index (κ2) is 11.4. The zero-order valence-corrected chi connectivity index (χ0v) is 20.0. The van der Waals surface area contributed by atoms with Gasteiger partial charge in [0.15, 0.2) is 5.96 Å². The van der Waals surface area contributed by atoms with Crippen LogP contribution in [0.25, 0.3) is 0 Å². The fourth-order valence-corrected chi connectivity index (χ4v) is 4.56. The van der Waals surface area contributed by atoms with Crippen molar-refractivity contribution in [2.24, 2.45) is 4.99 Å². The third-order valence-electron chi connectivity index (χ3n) is 5.46. The maximum Gasteiger partial charge on any atom is 0.205 e. The van der Waals surface area contributed by atoms with Crippen LogP contribution in [-0.4, -0.2) is 84.0 Å². The minimum atomic E-state index is 0. The van der Waals surface area contributed by atoms with Crippen LogP contribution in [0.4, 0.5) is 5.13 Å². The average Bonchev–Trinajstić information content (AvgIpc) is 3.16. The van der Waals surface area contributed by atoms with Crippen molar-refractivity contribution in [3.63, 3.8) is 0 Å². The zero-order valence-electron chi connectivity index (χ0n) is 16.9. The minimum absolute atomic E-state index is 0. The van der Waals surface area contributed by atoms with Gasteiger partial charge in [-0.2, -0.15) is 4.37 Å². The molecular formula is C18H34IN7S. The van der Waals surface area contributed by atoms with Gasteiger partial charge in [0.1, 0.15) is 5.82 Å². The lowest BCUT2D eigenvalue weighted by Crippen LogP contribution is -2.53. The summed E-state index contributed by atoms with van der Waals surface area (Å²) in [6.45, 7) is 11.7. The Hall–Kier alpha value is -0.680. The Labute approximate surface area is 184 Å². The Morgan fingerprint density at radius 3 is 2.63 bits per heavy atom. The van der Waals surface area contributed by atoms with Crippen LogP contribution in [0.15, 0.2) is 4.99 Å². The minimum Gasteiger partial charge on any atom is -0.355 e. The van der Waals surface area contributed by atoms with Gasteiger partial charge in [-0.05, 0) is 26.3 Å². The molecule has 9 heteroatoms. The molecule has 3 heterocycles. The van der Waals surface area contributed by atoms with E-state index in [1.54, 1.807) is 0 Å². The van der Waals surface area contributed by atoms with Crippen molar-refractivity contribution in [2.75, 3.05) is 57.8 Å². The number of halogens is 1. The number of likely N-dealkylation sites (tertiary alicyclic amines) is 1. The smallest absolute Gasteiger partial charge is 0.205 e. The van der Waals surface area contributed by atoms with E-state index >= 15 is 0 Å². The lowest BCUT2D eigenvalue weighted by Gasteiger charge is -2.37. The van der Waals surface area contributed by atoms with Gasteiger partial charge in [0, 0.05) is 70.3 Å². The Morgan fingerprint density at radius 1 is 1.22 bits per heavy atom. The van der Waals surface area contributed by atoms with Gasteiger partial charge < -0.3 is 15.1 Å². The lowest BCUT2D eigenvalue weighted by atomic mass is 10.0. The molecule has 0 bridgehead atoms. The molecule has 1 atom stereocenters. The Balaban J connectivity index is 0.00000261. The van der Waals surface area contributed by atoms with Crippen LogP contribution in [0.5, 0.6) is 0 Å². The third kappa shape index (κ3) is 6.15. The summed E-state index contributed by atoms with van der Waals surface area (Å²) in [7, 11) is 1.89. The Morgan fingerprint density at radius 2 is 2.00 bits per heavy atom. The van der Waals surface area contributed by atoms with E-state index < -0.39 is 0 Å². The monoisotopic (exact) mass is 507 g/mol. The SMILES string of the molecule is CCc1nsc(N2CCN(C(=NC)NCCN3CCCCC3C)CC2)n1.I. The number of aromatic nitrogens is 2. The number of anilines is 1. The van der Waals surface area contributed by atoms with Crippen LogP contribution in [0.3, 0.4) is 0 Å². The zero-order chi connectivity index (χ0) is 18.4. The highest BCUT2D eigenvalue weighted by molar-refractivity contribution is 14.0.